The Balaban J connectivity index is 0.000000166. The Morgan fingerprint density at radius 3 is 1.38 bits per heavy atom. The number of methoxy groups -OCH3 is 1. The summed E-state index contributed by atoms with van der Waals surface area (Å²) in [6.07, 6.45) is 10.9. The molecule has 13 rings (SSSR count). The van der Waals surface area contributed by atoms with Crippen molar-refractivity contribution in [3.8, 4) is 11.5 Å². The van der Waals surface area contributed by atoms with Crippen LogP contribution in [0.1, 0.15) is 188 Å². The lowest BCUT2D eigenvalue weighted by Gasteiger charge is -2.26. The van der Waals surface area contributed by atoms with Gasteiger partial charge in [-0.15, -0.1) is 11.8 Å². The number of carbonyl (C=O) groups excluding carboxylic acids is 4. The molecule has 1 saturated heterocycles. The third-order valence-corrected chi connectivity index (χ3v) is 21.4. The zero-order valence-electron chi connectivity index (χ0n) is 67.9. The number of hydrogen-bond donors (Lipinski definition) is 6. The molecule has 5 heterocycles. The van der Waals surface area contributed by atoms with Gasteiger partial charge >= 0.3 is 0 Å². The summed E-state index contributed by atoms with van der Waals surface area (Å²) in [5.41, 5.74) is 19.4. The summed E-state index contributed by atoms with van der Waals surface area (Å²) < 4.78 is 55.9. The van der Waals surface area contributed by atoms with Gasteiger partial charge in [0.1, 0.15) is 34.6 Å². The smallest absolute Gasteiger partial charge is 0.182 e. The van der Waals surface area contributed by atoms with Crippen LogP contribution >= 0.6 is 11.8 Å². The van der Waals surface area contributed by atoms with Gasteiger partial charge in [-0.3, -0.25) is 44.5 Å². The van der Waals surface area contributed by atoms with Crippen LogP contribution in [0, 0.1) is 45.1 Å². The maximum absolute atomic E-state index is 13.2. The van der Waals surface area contributed by atoms with Crippen molar-refractivity contribution in [2.45, 2.75) is 150 Å². The van der Waals surface area contributed by atoms with Crippen molar-refractivity contribution in [1.82, 2.24) is 45.7 Å². The summed E-state index contributed by atoms with van der Waals surface area (Å²) in [6.45, 7) is 22.1. The van der Waals surface area contributed by atoms with Gasteiger partial charge in [0.2, 0.25) is 0 Å². The number of ether oxygens (including phenoxy) is 3. The summed E-state index contributed by atoms with van der Waals surface area (Å²) in [4.78, 5) is 52.9. The van der Waals surface area contributed by atoms with Crippen molar-refractivity contribution in [3.05, 3.63) is 302 Å². The average molecular weight is 1590 g/mol. The zero-order valence-corrected chi connectivity index (χ0v) is 68.7. The minimum Gasteiger partial charge on any atom is -0.497 e. The molecule has 4 aromatic heterocycles. The molecule has 116 heavy (non-hydrogen) atoms. The number of benzene rings is 8. The maximum atomic E-state index is 13.2. The number of hydrogen-bond acceptors (Lipinski definition) is 16. The molecule has 8 aromatic carbocycles. The van der Waals surface area contributed by atoms with E-state index < -0.39 is 0 Å². The van der Waals surface area contributed by atoms with Gasteiger partial charge in [-0.05, 0) is 227 Å². The van der Waals surface area contributed by atoms with E-state index in [2.05, 4.69) is 141 Å². The fraction of sp³-hybridized carbons (Fsp3) is 0.312. The van der Waals surface area contributed by atoms with E-state index in [0.717, 1.165) is 194 Å². The van der Waals surface area contributed by atoms with E-state index in [1.165, 1.54) is 92.8 Å². The fourth-order valence-electron chi connectivity index (χ4n) is 13.2. The van der Waals surface area contributed by atoms with Crippen LogP contribution in [-0.4, -0.2) is 115 Å². The highest BCUT2D eigenvalue weighted by Crippen LogP contribution is 2.42. The van der Waals surface area contributed by atoms with E-state index in [-0.39, 0.29) is 45.8 Å². The number of Topliss-reactive ketones (excluding diaryl/α,β-unsaturated/α-hetero) is 4. The molecule has 19 nitrogen and oxygen atoms in total. The number of anilines is 6. The molecule has 1 aliphatic rings. The lowest BCUT2D eigenvalue weighted by Crippen LogP contribution is -2.36. The quantitative estimate of drug-likeness (QED) is 0.0125. The number of carbonyl (C=O) groups is 4. The minimum atomic E-state index is -0.227. The molecule has 0 bridgehead atoms. The molecule has 1 atom stereocenters. The van der Waals surface area contributed by atoms with Gasteiger partial charge < -0.3 is 29.7 Å². The molecule has 0 spiro atoms. The molecular weight excluding hydrogens is 1490 g/mol. The molecule has 1 fully saturated rings. The molecular formula is C93H105F3N12O7S. The van der Waals surface area contributed by atoms with E-state index in [4.69, 9.17) is 14.2 Å². The van der Waals surface area contributed by atoms with Crippen molar-refractivity contribution in [2.24, 2.45) is 0 Å². The number of nitrogens with zero attached hydrogens (tertiary/aromatic N) is 6. The molecule has 23 heteroatoms. The highest BCUT2D eigenvalue weighted by Gasteiger charge is 2.25. The molecule has 0 saturated carbocycles. The molecule has 0 aliphatic carbocycles. The van der Waals surface area contributed by atoms with Crippen molar-refractivity contribution >= 4 is 69.0 Å². The number of unbranched alkanes of at least 4 members (excludes halogenated alkanes) is 3. The zero-order chi connectivity index (χ0) is 82.5. The molecule has 1 aliphatic heterocycles. The Hall–Kier alpha value is -11.7. The van der Waals surface area contributed by atoms with Gasteiger partial charge in [-0.2, -0.15) is 20.4 Å². The van der Waals surface area contributed by atoms with Crippen molar-refractivity contribution in [2.75, 3.05) is 62.1 Å². The first-order chi connectivity index (χ1) is 56.1. The number of aromatic nitrogens is 8. The maximum Gasteiger partial charge on any atom is 0.182 e. The van der Waals surface area contributed by atoms with Crippen LogP contribution < -0.4 is 25.0 Å². The summed E-state index contributed by atoms with van der Waals surface area (Å²) in [5, 5.41) is 34.8. The summed E-state index contributed by atoms with van der Waals surface area (Å²) in [5.74, 6) is 0.791. The fourth-order valence-corrected chi connectivity index (χ4v) is 14.6. The molecule has 0 radical (unpaired) electrons. The van der Waals surface area contributed by atoms with Crippen LogP contribution in [0.2, 0.25) is 0 Å². The number of halogens is 3. The average Bonchev–Trinajstić information content (AvgIpc) is 1.61. The number of nitrogens with one attached hydrogen (secondary N) is 6. The Morgan fingerprint density at radius 1 is 0.483 bits per heavy atom. The third-order valence-electron chi connectivity index (χ3n) is 19.9. The van der Waals surface area contributed by atoms with Crippen molar-refractivity contribution < 1.29 is 46.6 Å². The van der Waals surface area contributed by atoms with Crippen LogP contribution in [0.15, 0.2) is 199 Å². The predicted octanol–water partition coefficient (Wildman–Crippen LogP) is 21.0. The van der Waals surface area contributed by atoms with E-state index in [9.17, 15) is 32.3 Å². The molecule has 1 unspecified atom stereocenters. The topological polar surface area (TPSA) is 241 Å². The highest BCUT2D eigenvalue weighted by atomic mass is 32.2. The largest absolute Gasteiger partial charge is 0.497 e. The first-order valence-corrected chi connectivity index (χ1v) is 40.3. The Morgan fingerprint density at radius 2 is 0.897 bits per heavy atom. The van der Waals surface area contributed by atoms with Crippen LogP contribution in [0.3, 0.4) is 0 Å². The molecule has 606 valence electrons. The van der Waals surface area contributed by atoms with Gasteiger partial charge in [0.15, 0.2) is 40.2 Å². The second-order valence-corrected chi connectivity index (χ2v) is 30.1. The van der Waals surface area contributed by atoms with Crippen LogP contribution in [0.4, 0.5) is 47.3 Å². The second-order valence-electron chi connectivity index (χ2n) is 28.9. The third kappa shape index (κ3) is 25.9. The lowest BCUT2D eigenvalue weighted by molar-refractivity contribution is 0.0368. The van der Waals surface area contributed by atoms with Gasteiger partial charge in [0.05, 0.1) is 66.0 Å². The van der Waals surface area contributed by atoms with Crippen LogP contribution in [-0.2, 0) is 43.4 Å². The van der Waals surface area contributed by atoms with E-state index in [1.807, 2.05) is 113 Å². The first kappa shape index (κ1) is 86.7. The van der Waals surface area contributed by atoms with Gasteiger partial charge in [-0.25, -0.2) is 13.2 Å². The summed E-state index contributed by atoms with van der Waals surface area (Å²) in [7, 11) is 1.65. The Kier molecular flexibility index (Phi) is 32.7. The molecule has 12 aromatic rings. The van der Waals surface area contributed by atoms with Gasteiger partial charge in [-0.1, -0.05) is 123 Å². The highest BCUT2D eigenvalue weighted by molar-refractivity contribution is 7.99. The predicted molar refractivity (Wildman–Crippen MR) is 456 cm³/mol. The van der Waals surface area contributed by atoms with Crippen LogP contribution in [0.5, 0.6) is 11.5 Å². The number of aromatic amines is 4. The van der Waals surface area contributed by atoms with E-state index in [0.29, 0.717) is 35.0 Å². The van der Waals surface area contributed by atoms with Crippen molar-refractivity contribution in [1.29, 1.82) is 0 Å². The monoisotopic (exact) mass is 1590 g/mol. The minimum absolute atomic E-state index is 0.0386. The summed E-state index contributed by atoms with van der Waals surface area (Å²) >= 11 is 1.65. The van der Waals surface area contributed by atoms with E-state index in [1.54, 1.807) is 18.9 Å². The molecule has 6 N–H and O–H groups in total. The second kappa shape index (κ2) is 43.7. The standard InChI is InChI=1S/C28H28FN3O2.C27H34N4O3.C20H20FN3O.C18H23FN2OS/c1-19-28(27(20(2)33)31-30-19)32(18-23-10-16-26(34-3)17-11-23)25-14-8-22(9-15-25)5-4-21-6-12-24(29)13-7-21;1-20-26(27(21(2)32)30-29-20)28-24-9-5-22(6-10-24)19-23-7-11-25(12-8-23)34-16-4-3-13-31-14-17-33-18-15-31;1-13-19(20(14(2)25)24-23-13)22-18-11-7-16(8-12-18)4-3-15-5-9-17(21)10-6-15;1-4-5-6-7-16(14-8-10-15(19)11-9-14)23-18-12(2)20-21-17(18)13(3)22/h6-17H,4-5,18H2,1-3H3,(H,30,31);5-12,28H,3-4,13-19H2,1-2H3,(H,29,30);5-12,22H,3-4H2,1-2H3,(H,23,24);8-11,16H,4-7H2,1-3H3,(H,20,21). The Bertz CT molecular complexity index is 5080. The lowest BCUT2D eigenvalue weighted by atomic mass is 10.0. The van der Waals surface area contributed by atoms with Gasteiger partial charge in [0.25, 0.3) is 0 Å². The van der Waals surface area contributed by atoms with Crippen molar-refractivity contribution in [3.63, 3.8) is 0 Å². The number of rotatable bonds is 34. The first-order valence-electron chi connectivity index (χ1n) is 39.5. The SMILES string of the molecule is CC(=O)c1n[nH]c(C)c1Nc1ccc(CCc2ccc(F)cc2)cc1.CC(=O)c1n[nH]c(C)c1Nc1ccc(Cc2ccc(OCCCCN3CCOCC3)cc2)cc1.CCCCCC(Sc1c(C(C)=O)n[nH]c1C)c1ccc(F)cc1.COc1ccc(CN(c2ccc(CCc3ccc(F)cc3)cc2)c2c(C(C)=O)n[nH]c2C)cc1. The summed E-state index contributed by atoms with van der Waals surface area (Å²) in [6, 6.07) is 60.8. The Labute approximate surface area is 682 Å². The van der Waals surface area contributed by atoms with Crippen LogP contribution in [0.25, 0.3) is 0 Å². The number of morpholine rings is 1. The van der Waals surface area contributed by atoms with Gasteiger partial charge in [0, 0.05) is 75.3 Å². The number of aryl methyl sites for hydroxylation is 8. The normalized spacial score (nSPS) is 12.1. The number of ketones is 4. The van der Waals surface area contributed by atoms with E-state index >= 15 is 0 Å². The number of H-pyrrole nitrogens is 4. The number of thioether (sulfide) groups is 1. The molecule has 0 amide bonds.